The van der Waals surface area contributed by atoms with Crippen LogP contribution in [0.1, 0.15) is 32.4 Å². The molecule has 1 aromatic carbocycles. The van der Waals surface area contributed by atoms with Crippen molar-refractivity contribution in [2.24, 2.45) is 0 Å². The number of phenols is 1. The second-order valence-electron chi connectivity index (χ2n) is 3.88. The van der Waals surface area contributed by atoms with Gasteiger partial charge in [-0.15, -0.1) is 0 Å². The molecule has 4 nitrogen and oxygen atoms in total. The number of nitrogens with zero attached hydrogens (tertiary/aromatic N) is 2. The lowest BCUT2D eigenvalue weighted by molar-refractivity contribution is 0.254. The summed E-state index contributed by atoms with van der Waals surface area (Å²) in [6.07, 6.45) is 0. The third-order valence-corrected chi connectivity index (χ3v) is 2.92. The lowest BCUT2D eigenvalue weighted by atomic mass is 10.0. The number of benzene rings is 1. The van der Waals surface area contributed by atoms with E-state index in [1.165, 1.54) is 0 Å². The Balaban J connectivity index is 3.14. The summed E-state index contributed by atoms with van der Waals surface area (Å²) in [5.74, 6) is 0.500. The Morgan fingerprint density at radius 1 is 1.33 bits per heavy atom. The number of hydrogen-bond acceptors (Lipinski definition) is 4. The molecule has 0 aliphatic heterocycles. The maximum atomic E-state index is 10.2. The molecule has 0 aliphatic rings. The lowest BCUT2D eigenvalue weighted by Gasteiger charge is -2.25. The minimum absolute atomic E-state index is 0.0674. The van der Waals surface area contributed by atoms with Crippen molar-refractivity contribution in [1.29, 1.82) is 5.26 Å². The molecule has 1 unspecified atom stereocenters. The number of ether oxygens (including phenoxy) is 1. The van der Waals surface area contributed by atoms with Gasteiger partial charge < -0.3 is 9.84 Å². The predicted molar refractivity (Wildman–Crippen MR) is 70.6 cm³/mol. The first kappa shape index (κ1) is 14.3. The molecule has 0 fully saturated rings. The Hall–Kier alpha value is -1.73. The monoisotopic (exact) mass is 248 g/mol. The Morgan fingerprint density at radius 3 is 2.50 bits per heavy atom. The molecule has 1 atom stereocenters. The van der Waals surface area contributed by atoms with Crippen LogP contribution in [0.4, 0.5) is 0 Å². The van der Waals surface area contributed by atoms with E-state index in [0.29, 0.717) is 17.9 Å². The van der Waals surface area contributed by atoms with E-state index in [0.717, 1.165) is 13.1 Å². The van der Waals surface area contributed by atoms with Crippen LogP contribution < -0.4 is 4.74 Å². The fraction of sp³-hybridized carbons (Fsp3) is 0.500. The van der Waals surface area contributed by atoms with E-state index >= 15 is 0 Å². The first-order valence-electron chi connectivity index (χ1n) is 6.27. The normalized spacial score (nSPS) is 12.2. The van der Waals surface area contributed by atoms with Gasteiger partial charge in [-0.05, 0) is 26.1 Å². The highest BCUT2D eigenvalue weighted by Gasteiger charge is 2.22. The van der Waals surface area contributed by atoms with Crippen LogP contribution in [0.5, 0.6) is 11.5 Å². The fourth-order valence-electron chi connectivity index (χ4n) is 1.97. The third-order valence-electron chi connectivity index (χ3n) is 2.92. The van der Waals surface area contributed by atoms with E-state index in [4.69, 9.17) is 4.74 Å². The van der Waals surface area contributed by atoms with Gasteiger partial charge in [-0.25, -0.2) is 0 Å². The van der Waals surface area contributed by atoms with Gasteiger partial charge in [-0.2, -0.15) is 5.26 Å². The highest BCUT2D eigenvalue weighted by Crippen LogP contribution is 2.35. The molecule has 1 aromatic rings. The zero-order valence-electron chi connectivity index (χ0n) is 11.2. The van der Waals surface area contributed by atoms with Crippen molar-refractivity contribution < 1.29 is 9.84 Å². The SMILES string of the molecule is CCOc1cccc(C(C#N)N(CC)CC)c1O. The number of nitriles is 1. The first-order chi connectivity index (χ1) is 8.69. The second-order valence-corrected chi connectivity index (χ2v) is 3.88. The van der Waals surface area contributed by atoms with Crippen LogP contribution in [0.2, 0.25) is 0 Å². The lowest BCUT2D eigenvalue weighted by Crippen LogP contribution is -2.27. The van der Waals surface area contributed by atoms with E-state index in [2.05, 4.69) is 6.07 Å². The molecular weight excluding hydrogens is 228 g/mol. The van der Waals surface area contributed by atoms with Crippen LogP contribution >= 0.6 is 0 Å². The van der Waals surface area contributed by atoms with Gasteiger partial charge >= 0.3 is 0 Å². The fourth-order valence-corrected chi connectivity index (χ4v) is 1.97. The van der Waals surface area contributed by atoms with Crippen LogP contribution in [-0.4, -0.2) is 29.7 Å². The minimum Gasteiger partial charge on any atom is -0.504 e. The minimum atomic E-state index is -0.444. The average Bonchev–Trinajstić information content (AvgIpc) is 2.39. The van der Waals surface area contributed by atoms with E-state index in [-0.39, 0.29) is 5.75 Å². The molecule has 0 aliphatic carbocycles. The molecule has 0 spiro atoms. The highest BCUT2D eigenvalue weighted by molar-refractivity contribution is 5.48. The van der Waals surface area contributed by atoms with E-state index in [1.54, 1.807) is 18.2 Å². The molecule has 0 bridgehead atoms. The van der Waals surface area contributed by atoms with Crippen molar-refractivity contribution in [2.45, 2.75) is 26.8 Å². The summed E-state index contributed by atoms with van der Waals surface area (Å²) in [6, 6.07) is 7.07. The number of hydrogen-bond donors (Lipinski definition) is 1. The van der Waals surface area contributed by atoms with Crippen LogP contribution in [0.25, 0.3) is 0 Å². The maximum Gasteiger partial charge on any atom is 0.163 e. The Kier molecular flexibility index (Phi) is 5.47. The van der Waals surface area contributed by atoms with Gasteiger partial charge in [0.25, 0.3) is 0 Å². The Bertz CT molecular complexity index is 422. The molecule has 0 aromatic heterocycles. The maximum absolute atomic E-state index is 10.2. The van der Waals surface area contributed by atoms with Crippen molar-refractivity contribution in [1.82, 2.24) is 4.90 Å². The van der Waals surface area contributed by atoms with Crippen molar-refractivity contribution in [3.8, 4) is 17.6 Å². The molecule has 1 N–H and O–H groups in total. The van der Waals surface area contributed by atoms with Gasteiger partial charge in [0.15, 0.2) is 11.5 Å². The summed E-state index contributed by atoms with van der Waals surface area (Å²) >= 11 is 0. The Labute approximate surface area is 108 Å². The molecule has 0 saturated carbocycles. The van der Waals surface area contributed by atoms with Gasteiger partial charge in [0.05, 0.1) is 12.7 Å². The largest absolute Gasteiger partial charge is 0.504 e. The summed E-state index contributed by atoms with van der Waals surface area (Å²) in [7, 11) is 0. The van der Waals surface area contributed by atoms with Crippen molar-refractivity contribution in [2.75, 3.05) is 19.7 Å². The van der Waals surface area contributed by atoms with E-state index < -0.39 is 6.04 Å². The van der Waals surface area contributed by atoms with Crippen molar-refractivity contribution in [3.05, 3.63) is 23.8 Å². The molecule has 18 heavy (non-hydrogen) atoms. The topological polar surface area (TPSA) is 56.5 Å². The predicted octanol–water partition coefficient (Wildman–Crippen LogP) is 2.70. The second kappa shape index (κ2) is 6.87. The average molecular weight is 248 g/mol. The van der Waals surface area contributed by atoms with Crippen molar-refractivity contribution >= 4 is 0 Å². The van der Waals surface area contributed by atoms with E-state index in [9.17, 15) is 10.4 Å². The number of aromatic hydroxyl groups is 1. The van der Waals surface area contributed by atoms with Crippen LogP contribution in [0.3, 0.4) is 0 Å². The number of para-hydroxylation sites is 1. The standard InChI is InChI=1S/C14H20N2O2/c1-4-16(5-2)12(10-15)11-8-7-9-13(14(11)17)18-6-3/h7-9,12,17H,4-6H2,1-3H3. The summed E-state index contributed by atoms with van der Waals surface area (Å²) in [5.41, 5.74) is 0.604. The molecule has 0 radical (unpaired) electrons. The van der Waals surface area contributed by atoms with Crippen LogP contribution in [-0.2, 0) is 0 Å². The highest BCUT2D eigenvalue weighted by atomic mass is 16.5. The molecule has 1 rings (SSSR count). The van der Waals surface area contributed by atoms with Gasteiger partial charge in [0.2, 0.25) is 0 Å². The third kappa shape index (κ3) is 2.93. The number of phenolic OH excluding ortho intramolecular Hbond substituents is 1. The van der Waals surface area contributed by atoms with Gasteiger partial charge in [-0.3, -0.25) is 4.90 Å². The summed E-state index contributed by atoms with van der Waals surface area (Å²) in [6.45, 7) is 7.85. The first-order valence-corrected chi connectivity index (χ1v) is 6.27. The van der Waals surface area contributed by atoms with Crippen molar-refractivity contribution in [3.63, 3.8) is 0 Å². The molecule has 4 heteroatoms. The quantitative estimate of drug-likeness (QED) is 0.841. The Morgan fingerprint density at radius 2 is 2.00 bits per heavy atom. The van der Waals surface area contributed by atoms with E-state index in [1.807, 2.05) is 25.7 Å². The zero-order valence-corrected chi connectivity index (χ0v) is 11.2. The summed E-state index contributed by atoms with van der Waals surface area (Å²) in [5, 5.41) is 19.5. The molecule has 0 saturated heterocycles. The van der Waals surface area contributed by atoms with Gasteiger partial charge in [0, 0.05) is 5.56 Å². The van der Waals surface area contributed by atoms with Gasteiger partial charge in [-0.1, -0.05) is 26.0 Å². The molecule has 0 heterocycles. The zero-order chi connectivity index (χ0) is 13.5. The van der Waals surface area contributed by atoms with Crippen LogP contribution in [0, 0.1) is 11.3 Å². The van der Waals surface area contributed by atoms with Crippen LogP contribution in [0.15, 0.2) is 18.2 Å². The summed E-state index contributed by atoms with van der Waals surface area (Å²) in [4.78, 5) is 1.99. The molecule has 0 amide bonds. The van der Waals surface area contributed by atoms with Gasteiger partial charge in [0.1, 0.15) is 6.04 Å². The smallest absolute Gasteiger partial charge is 0.163 e. The summed E-state index contributed by atoms with van der Waals surface area (Å²) < 4.78 is 5.34. The number of rotatable bonds is 6. The molecule has 98 valence electrons. The molecular formula is C14H20N2O2.